The van der Waals surface area contributed by atoms with Crippen LogP contribution in [0.25, 0.3) is 10.8 Å². The van der Waals surface area contributed by atoms with Gasteiger partial charge in [-0.15, -0.1) is 11.8 Å². The van der Waals surface area contributed by atoms with E-state index in [2.05, 4.69) is 30.3 Å². The summed E-state index contributed by atoms with van der Waals surface area (Å²) in [5, 5.41) is 2.41. The van der Waals surface area contributed by atoms with Gasteiger partial charge in [-0.2, -0.15) is 0 Å². The summed E-state index contributed by atoms with van der Waals surface area (Å²) in [4.78, 5) is 15.3. The quantitative estimate of drug-likeness (QED) is 0.661. The molecule has 0 spiro atoms. The molecule has 0 atom stereocenters. The van der Waals surface area contributed by atoms with Crippen LogP contribution in [-0.2, 0) is 14.3 Å². The SMILES string of the molecule is COCCN(CCOC)C(=O)CSc1ccc2ccccc2c1. The number of thioether (sulfide) groups is 1. The second-order valence-corrected chi connectivity index (χ2v) is 6.21. The monoisotopic (exact) mass is 333 g/mol. The van der Waals surface area contributed by atoms with Crippen molar-refractivity contribution in [3.8, 4) is 0 Å². The predicted molar refractivity (Wildman–Crippen MR) is 95.0 cm³/mol. The van der Waals surface area contributed by atoms with Gasteiger partial charge in [-0.05, 0) is 22.9 Å². The first-order valence-electron chi connectivity index (χ1n) is 7.62. The van der Waals surface area contributed by atoms with Crippen LogP contribution in [0.4, 0.5) is 0 Å². The lowest BCUT2D eigenvalue weighted by Gasteiger charge is -2.21. The van der Waals surface area contributed by atoms with Crippen LogP contribution in [-0.4, -0.2) is 57.1 Å². The van der Waals surface area contributed by atoms with E-state index in [1.165, 1.54) is 10.8 Å². The summed E-state index contributed by atoms with van der Waals surface area (Å²) < 4.78 is 10.1. The van der Waals surface area contributed by atoms with Crippen LogP contribution in [0.1, 0.15) is 0 Å². The van der Waals surface area contributed by atoms with Gasteiger partial charge in [0.05, 0.1) is 19.0 Å². The molecule has 0 N–H and O–H groups in total. The van der Waals surface area contributed by atoms with E-state index >= 15 is 0 Å². The van der Waals surface area contributed by atoms with Crippen LogP contribution in [0.2, 0.25) is 0 Å². The predicted octanol–water partition coefficient (Wildman–Crippen LogP) is 3.05. The molecule has 23 heavy (non-hydrogen) atoms. The Hall–Kier alpha value is -1.56. The highest BCUT2D eigenvalue weighted by Crippen LogP contribution is 2.23. The van der Waals surface area contributed by atoms with Crippen LogP contribution < -0.4 is 0 Å². The molecule has 0 bridgehead atoms. The van der Waals surface area contributed by atoms with Gasteiger partial charge in [0, 0.05) is 32.2 Å². The fourth-order valence-electron chi connectivity index (χ4n) is 2.26. The Labute approximate surface area is 141 Å². The zero-order valence-electron chi connectivity index (χ0n) is 13.7. The van der Waals surface area contributed by atoms with Gasteiger partial charge < -0.3 is 14.4 Å². The number of amides is 1. The zero-order valence-corrected chi connectivity index (χ0v) is 14.5. The molecular formula is C18H23NO3S. The molecule has 0 aliphatic carbocycles. The number of ether oxygens (including phenoxy) is 2. The summed E-state index contributed by atoms with van der Waals surface area (Å²) in [6, 6.07) is 14.5. The lowest BCUT2D eigenvalue weighted by Crippen LogP contribution is -2.37. The van der Waals surface area contributed by atoms with Crippen molar-refractivity contribution in [2.24, 2.45) is 0 Å². The Bertz CT molecular complexity index is 624. The third-order valence-electron chi connectivity index (χ3n) is 3.57. The van der Waals surface area contributed by atoms with Gasteiger partial charge in [0.15, 0.2) is 0 Å². The lowest BCUT2D eigenvalue weighted by molar-refractivity contribution is -0.129. The summed E-state index contributed by atoms with van der Waals surface area (Å²) in [5.41, 5.74) is 0. The third-order valence-corrected chi connectivity index (χ3v) is 4.55. The number of nitrogens with zero attached hydrogens (tertiary/aromatic N) is 1. The van der Waals surface area contributed by atoms with Crippen LogP contribution in [0.5, 0.6) is 0 Å². The van der Waals surface area contributed by atoms with E-state index in [1.807, 2.05) is 12.1 Å². The average molecular weight is 333 g/mol. The van der Waals surface area contributed by atoms with Gasteiger partial charge in [0.2, 0.25) is 5.91 Å². The number of rotatable bonds is 9. The zero-order chi connectivity index (χ0) is 16.5. The minimum absolute atomic E-state index is 0.109. The summed E-state index contributed by atoms with van der Waals surface area (Å²) in [5.74, 6) is 0.531. The summed E-state index contributed by atoms with van der Waals surface area (Å²) in [7, 11) is 3.28. The van der Waals surface area contributed by atoms with Crippen molar-refractivity contribution in [1.82, 2.24) is 4.90 Å². The third kappa shape index (κ3) is 5.53. The van der Waals surface area contributed by atoms with Crippen molar-refractivity contribution in [2.45, 2.75) is 4.90 Å². The maximum atomic E-state index is 12.4. The molecule has 4 nitrogen and oxygen atoms in total. The molecule has 0 aliphatic heterocycles. The smallest absolute Gasteiger partial charge is 0.233 e. The molecule has 0 saturated carbocycles. The molecule has 5 heteroatoms. The maximum Gasteiger partial charge on any atom is 0.233 e. The number of carbonyl (C=O) groups is 1. The normalized spacial score (nSPS) is 10.9. The van der Waals surface area contributed by atoms with E-state index in [4.69, 9.17) is 9.47 Å². The number of benzene rings is 2. The Balaban J connectivity index is 1.94. The number of hydrogen-bond donors (Lipinski definition) is 0. The second kappa shape index (κ2) is 9.55. The van der Waals surface area contributed by atoms with Crippen molar-refractivity contribution >= 4 is 28.4 Å². The second-order valence-electron chi connectivity index (χ2n) is 5.16. The molecular weight excluding hydrogens is 310 g/mol. The molecule has 0 fully saturated rings. The highest BCUT2D eigenvalue weighted by atomic mass is 32.2. The van der Waals surface area contributed by atoms with Gasteiger partial charge in [0.1, 0.15) is 0 Å². The first kappa shape index (κ1) is 17.8. The topological polar surface area (TPSA) is 38.8 Å². The average Bonchev–Trinajstić information content (AvgIpc) is 2.59. The molecule has 1 amide bonds. The summed E-state index contributed by atoms with van der Waals surface area (Å²) >= 11 is 1.57. The van der Waals surface area contributed by atoms with Crippen molar-refractivity contribution < 1.29 is 14.3 Å². The standard InChI is InChI=1S/C18H23NO3S/c1-21-11-9-19(10-12-22-2)18(20)14-23-17-8-7-15-5-3-4-6-16(15)13-17/h3-8,13H,9-12,14H2,1-2H3. The van der Waals surface area contributed by atoms with E-state index < -0.39 is 0 Å². The highest BCUT2D eigenvalue weighted by Gasteiger charge is 2.13. The van der Waals surface area contributed by atoms with Gasteiger partial charge in [-0.1, -0.05) is 30.3 Å². The Morgan fingerprint density at radius 2 is 1.65 bits per heavy atom. The minimum Gasteiger partial charge on any atom is -0.383 e. The van der Waals surface area contributed by atoms with Crippen molar-refractivity contribution in [2.75, 3.05) is 46.3 Å². The molecule has 0 aromatic heterocycles. The minimum atomic E-state index is 0.109. The summed E-state index contributed by atoms with van der Waals surface area (Å²) in [6.45, 7) is 2.26. The largest absolute Gasteiger partial charge is 0.383 e. The maximum absolute atomic E-state index is 12.4. The Morgan fingerprint density at radius 3 is 2.30 bits per heavy atom. The molecule has 2 aromatic rings. The lowest BCUT2D eigenvalue weighted by atomic mass is 10.1. The van der Waals surface area contributed by atoms with E-state index in [0.717, 1.165) is 4.90 Å². The van der Waals surface area contributed by atoms with E-state index in [9.17, 15) is 4.79 Å². The molecule has 0 aliphatic rings. The number of carbonyl (C=O) groups excluding carboxylic acids is 1. The van der Waals surface area contributed by atoms with E-state index in [1.54, 1.807) is 30.9 Å². The van der Waals surface area contributed by atoms with Crippen molar-refractivity contribution in [3.05, 3.63) is 42.5 Å². The van der Waals surface area contributed by atoms with E-state index in [-0.39, 0.29) is 5.91 Å². The molecule has 2 aromatic carbocycles. The molecule has 0 saturated heterocycles. The van der Waals surface area contributed by atoms with E-state index in [0.29, 0.717) is 32.1 Å². The number of fused-ring (bicyclic) bond motifs is 1. The number of hydrogen-bond acceptors (Lipinski definition) is 4. The van der Waals surface area contributed by atoms with Gasteiger partial charge in [-0.3, -0.25) is 4.79 Å². The molecule has 0 unspecified atom stereocenters. The first-order chi connectivity index (χ1) is 11.2. The fraction of sp³-hybridized carbons (Fsp3) is 0.389. The molecule has 0 radical (unpaired) electrons. The van der Waals surface area contributed by atoms with Crippen LogP contribution >= 0.6 is 11.8 Å². The fourth-order valence-corrected chi connectivity index (χ4v) is 3.10. The van der Waals surface area contributed by atoms with Crippen LogP contribution in [0.3, 0.4) is 0 Å². The molecule has 2 rings (SSSR count). The molecule has 0 heterocycles. The molecule has 124 valence electrons. The van der Waals surface area contributed by atoms with Gasteiger partial charge in [-0.25, -0.2) is 0 Å². The van der Waals surface area contributed by atoms with Crippen LogP contribution in [0, 0.1) is 0 Å². The van der Waals surface area contributed by atoms with Gasteiger partial charge in [0.25, 0.3) is 0 Å². The Morgan fingerprint density at radius 1 is 1.00 bits per heavy atom. The van der Waals surface area contributed by atoms with Crippen molar-refractivity contribution in [3.63, 3.8) is 0 Å². The Kier molecular flexibility index (Phi) is 7.39. The van der Waals surface area contributed by atoms with Gasteiger partial charge >= 0.3 is 0 Å². The summed E-state index contributed by atoms with van der Waals surface area (Å²) in [6.07, 6.45) is 0. The first-order valence-corrected chi connectivity index (χ1v) is 8.60. The highest BCUT2D eigenvalue weighted by molar-refractivity contribution is 8.00. The van der Waals surface area contributed by atoms with Crippen LogP contribution in [0.15, 0.2) is 47.4 Å². The number of methoxy groups -OCH3 is 2. The van der Waals surface area contributed by atoms with Crippen molar-refractivity contribution in [1.29, 1.82) is 0 Å².